The van der Waals surface area contributed by atoms with Gasteiger partial charge in [0.15, 0.2) is 11.5 Å². The first-order chi connectivity index (χ1) is 18.5. The van der Waals surface area contributed by atoms with Gasteiger partial charge in [-0.25, -0.2) is 4.98 Å². The van der Waals surface area contributed by atoms with Crippen LogP contribution in [-0.4, -0.2) is 27.5 Å². The number of nitrogens with one attached hydrogen (secondary N) is 1. The quantitative estimate of drug-likeness (QED) is 0.336. The van der Waals surface area contributed by atoms with Gasteiger partial charge in [-0.2, -0.15) is 10.4 Å². The Morgan fingerprint density at radius 3 is 2.63 bits per heavy atom. The molecule has 0 fully saturated rings. The molecule has 0 bridgehead atoms. The highest BCUT2D eigenvalue weighted by Crippen LogP contribution is 2.36. The van der Waals surface area contributed by atoms with Crippen LogP contribution in [0.3, 0.4) is 0 Å². The molecule has 1 N–H and O–H groups in total. The maximum Gasteiger partial charge on any atom is 0.256 e. The molecule has 186 valence electrons. The predicted octanol–water partition coefficient (Wildman–Crippen LogP) is 5.62. The van der Waals surface area contributed by atoms with Gasteiger partial charge >= 0.3 is 0 Å². The van der Waals surface area contributed by atoms with Crippen molar-refractivity contribution in [2.45, 2.75) is 20.4 Å². The van der Waals surface area contributed by atoms with Gasteiger partial charge in [0, 0.05) is 10.9 Å². The highest BCUT2D eigenvalue weighted by atomic mass is 16.7. The van der Waals surface area contributed by atoms with Crippen LogP contribution >= 0.6 is 0 Å². The third kappa shape index (κ3) is 4.20. The Morgan fingerprint density at radius 1 is 1.03 bits per heavy atom. The number of rotatable bonds is 5. The Labute approximate surface area is 219 Å². The fourth-order valence-electron chi connectivity index (χ4n) is 4.64. The van der Waals surface area contributed by atoms with Crippen molar-refractivity contribution in [1.82, 2.24) is 14.8 Å². The van der Waals surface area contributed by atoms with Crippen LogP contribution in [0.5, 0.6) is 11.5 Å². The standard InChI is InChI=1S/C30H23N5O3/c1-18-29(19(2)35(34-18)16-21-9-7-20(15-31)8-10-21)33-30(36)24-14-26(32-25-6-4-3-5-23(24)25)22-11-12-27-28(13-22)38-17-37-27/h3-14H,16-17H2,1-2H3,(H,33,36). The molecule has 0 atom stereocenters. The lowest BCUT2D eigenvalue weighted by molar-refractivity contribution is 0.102. The second kappa shape index (κ2) is 9.37. The molecule has 0 saturated carbocycles. The largest absolute Gasteiger partial charge is 0.454 e. The zero-order valence-corrected chi connectivity index (χ0v) is 20.9. The number of anilines is 1. The van der Waals surface area contributed by atoms with E-state index in [4.69, 9.17) is 19.7 Å². The van der Waals surface area contributed by atoms with E-state index >= 15 is 0 Å². The Kier molecular flexibility index (Phi) is 5.74. The number of hydrogen-bond donors (Lipinski definition) is 1. The molecule has 0 saturated heterocycles. The smallest absolute Gasteiger partial charge is 0.256 e. The van der Waals surface area contributed by atoms with Crippen molar-refractivity contribution >= 4 is 22.5 Å². The molecular weight excluding hydrogens is 478 g/mol. The molecule has 1 aliphatic heterocycles. The highest BCUT2D eigenvalue weighted by molar-refractivity contribution is 6.13. The van der Waals surface area contributed by atoms with Crippen LogP contribution in [0.25, 0.3) is 22.2 Å². The molecule has 8 nitrogen and oxygen atoms in total. The van der Waals surface area contributed by atoms with Crippen LogP contribution in [0, 0.1) is 25.2 Å². The van der Waals surface area contributed by atoms with Crippen molar-refractivity contribution in [3.8, 4) is 28.8 Å². The molecule has 5 aromatic rings. The number of carbonyl (C=O) groups is 1. The lowest BCUT2D eigenvalue weighted by atomic mass is 10.0. The summed E-state index contributed by atoms with van der Waals surface area (Å²) in [5.41, 5.74) is 6.59. The number of benzene rings is 3. The summed E-state index contributed by atoms with van der Waals surface area (Å²) >= 11 is 0. The number of para-hydroxylation sites is 1. The van der Waals surface area contributed by atoms with E-state index in [1.54, 1.807) is 18.2 Å². The summed E-state index contributed by atoms with van der Waals surface area (Å²) in [7, 11) is 0. The summed E-state index contributed by atoms with van der Waals surface area (Å²) in [5, 5.41) is 17.5. The number of carbonyl (C=O) groups excluding carboxylic acids is 1. The number of aryl methyl sites for hydroxylation is 1. The van der Waals surface area contributed by atoms with E-state index in [1.165, 1.54) is 0 Å². The topological polar surface area (TPSA) is 102 Å². The van der Waals surface area contributed by atoms with E-state index in [-0.39, 0.29) is 12.7 Å². The molecule has 3 heterocycles. The minimum absolute atomic E-state index is 0.190. The average molecular weight is 502 g/mol. The SMILES string of the molecule is Cc1nn(Cc2ccc(C#N)cc2)c(C)c1NC(=O)c1cc(-c2ccc3c(c2)OCO3)nc2ccccc12. The van der Waals surface area contributed by atoms with Gasteiger partial charge in [0.1, 0.15) is 0 Å². The molecule has 0 unspecified atom stereocenters. The van der Waals surface area contributed by atoms with Gasteiger partial charge in [0.25, 0.3) is 5.91 Å². The van der Waals surface area contributed by atoms with E-state index < -0.39 is 0 Å². The van der Waals surface area contributed by atoms with Crippen molar-refractivity contribution in [3.63, 3.8) is 0 Å². The van der Waals surface area contributed by atoms with Crippen molar-refractivity contribution < 1.29 is 14.3 Å². The van der Waals surface area contributed by atoms with Gasteiger partial charge in [-0.3, -0.25) is 9.48 Å². The zero-order chi connectivity index (χ0) is 26.2. The third-order valence-electron chi connectivity index (χ3n) is 6.66. The molecular formula is C30H23N5O3. The van der Waals surface area contributed by atoms with E-state index in [0.29, 0.717) is 40.6 Å². The molecule has 2 aromatic heterocycles. The maximum absolute atomic E-state index is 13.7. The third-order valence-corrected chi connectivity index (χ3v) is 6.66. The first kappa shape index (κ1) is 23.3. The van der Waals surface area contributed by atoms with Crippen molar-refractivity contribution in [2.24, 2.45) is 0 Å². The summed E-state index contributed by atoms with van der Waals surface area (Å²) in [6.07, 6.45) is 0. The van der Waals surface area contributed by atoms with Gasteiger partial charge in [0.2, 0.25) is 6.79 Å². The van der Waals surface area contributed by atoms with Crippen molar-refractivity contribution in [1.29, 1.82) is 5.26 Å². The minimum atomic E-state index is -0.241. The number of nitriles is 1. The summed E-state index contributed by atoms with van der Waals surface area (Å²) in [6, 6.07) is 24.6. The molecule has 1 amide bonds. The van der Waals surface area contributed by atoms with E-state index in [9.17, 15) is 4.79 Å². The summed E-state index contributed by atoms with van der Waals surface area (Å²) in [5.74, 6) is 1.11. The van der Waals surface area contributed by atoms with Gasteiger partial charge in [-0.05, 0) is 61.9 Å². The van der Waals surface area contributed by atoms with Crippen LogP contribution in [0.4, 0.5) is 5.69 Å². The van der Waals surface area contributed by atoms with Crippen LogP contribution in [0.15, 0.2) is 72.8 Å². The summed E-state index contributed by atoms with van der Waals surface area (Å²) in [6.45, 7) is 4.53. The van der Waals surface area contributed by atoms with E-state index in [1.807, 2.05) is 73.1 Å². The average Bonchev–Trinajstić information content (AvgIpc) is 3.52. The highest BCUT2D eigenvalue weighted by Gasteiger charge is 2.20. The van der Waals surface area contributed by atoms with Crippen LogP contribution in [-0.2, 0) is 6.54 Å². The number of pyridine rings is 1. The van der Waals surface area contributed by atoms with Gasteiger partial charge < -0.3 is 14.8 Å². The molecule has 38 heavy (non-hydrogen) atoms. The lowest BCUT2D eigenvalue weighted by Crippen LogP contribution is -2.14. The number of amides is 1. The van der Waals surface area contributed by atoms with Crippen molar-refractivity contribution in [3.05, 3.63) is 101 Å². The summed E-state index contributed by atoms with van der Waals surface area (Å²) in [4.78, 5) is 18.5. The number of fused-ring (bicyclic) bond motifs is 2. The van der Waals surface area contributed by atoms with Gasteiger partial charge in [0.05, 0.1) is 52.0 Å². The Hall–Kier alpha value is -5.16. The number of hydrogen-bond acceptors (Lipinski definition) is 6. The Bertz CT molecular complexity index is 1750. The summed E-state index contributed by atoms with van der Waals surface area (Å²) < 4.78 is 12.8. The first-order valence-corrected chi connectivity index (χ1v) is 12.1. The molecule has 1 aliphatic rings. The number of aromatic nitrogens is 3. The Morgan fingerprint density at radius 2 is 1.82 bits per heavy atom. The number of ether oxygens (including phenoxy) is 2. The van der Waals surface area contributed by atoms with Crippen LogP contribution < -0.4 is 14.8 Å². The van der Waals surface area contributed by atoms with Crippen molar-refractivity contribution in [2.75, 3.05) is 12.1 Å². The second-order valence-electron chi connectivity index (χ2n) is 9.11. The van der Waals surface area contributed by atoms with Gasteiger partial charge in [-0.1, -0.05) is 30.3 Å². The van der Waals surface area contributed by atoms with E-state index in [0.717, 1.165) is 33.4 Å². The molecule has 8 heteroatoms. The minimum Gasteiger partial charge on any atom is -0.454 e. The lowest BCUT2D eigenvalue weighted by Gasteiger charge is -2.12. The second-order valence-corrected chi connectivity index (χ2v) is 9.11. The van der Waals surface area contributed by atoms with E-state index in [2.05, 4.69) is 16.5 Å². The monoisotopic (exact) mass is 501 g/mol. The predicted molar refractivity (Wildman–Crippen MR) is 143 cm³/mol. The molecule has 0 radical (unpaired) electrons. The normalized spacial score (nSPS) is 11.9. The van der Waals surface area contributed by atoms with Crippen LogP contribution in [0.1, 0.15) is 32.9 Å². The maximum atomic E-state index is 13.7. The molecule has 0 spiro atoms. The molecule has 3 aromatic carbocycles. The van der Waals surface area contributed by atoms with Crippen LogP contribution in [0.2, 0.25) is 0 Å². The fourth-order valence-corrected chi connectivity index (χ4v) is 4.64. The Balaban J connectivity index is 1.33. The molecule has 6 rings (SSSR count). The first-order valence-electron chi connectivity index (χ1n) is 12.1. The zero-order valence-electron chi connectivity index (χ0n) is 20.9. The molecule has 0 aliphatic carbocycles. The fraction of sp³-hybridized carbons (Fsp3) is 0.133. The number of nitrogens with zero attached hydrogens (tertiary/aromatic N) is 4. The van der Waals surface area contributed by atoms with Gasteiger partial charge in [-0.15, -0.1) is 0 Å².